The van der Waals surface area contributed by atoms with Crippen molar-refractivity contribution in [3.8, 4) is 11.6 Å². The molecule has 4 N–H and O–H groups in total. The first-order valence-electron chi connectivity index (χ1n) is 10.2. The lowest BCUT2D eigenvalue weighted by Crippen LogP contribution is -2.54. The quantitative estimate of drug-likeness (QED) is 0.335. The fraction of sp³-hybridized carbons (Fsp3) is 0.316. The molecule has 5 rings (SSSR count). The Morgan fingerprint density at radius 3 is 2.64 bits per heavy atom. The largest absolute Gasteiger partial charge is 0.461 e. The molecule has 0 aliphatic carbocycles. The Labute approximate surface area is 187 Å². The molecule has 0 unspecified atom stereocenters. The number of nitrogens with zero attached hydrogens (tertiary/aromatic N) is 9. The molecule has 33 heavy (non-hydrogen) atoms. The van der Waals surface area contributed by atoms with Crippen LogP contribution in [0.1, 0.15) is 0 Å². The summed E-state index contributed by atoms with van der Waals surface area (Å²) in [6.45, 7) is 1.65. The Hall–Kier alpha value is -4.33. The number of aliphatic hydroxyl groups excluding tert-OH is 1. The molecule has 5 heterocycles. The van der Waals surface area contributed by atoms with Gasteiger partial charge in [0, 0.05) is 38.6 Å². The number of fused-ring (bicyclic) bond motifs is 1. The summed E-state index contributed by atoms with van der Waals surface area (Å²) in [5.41, 5.74) is 5.99. The predicted molar refractivity (Wildman–Crippen MR) is 116 cm³/mol. The molecule has 0 radical (unpaired) electrons. The molecule has 1 atom stereocenters. The predicted octanol–water partition coefficient (Wildman–Crippen LogP) is -0.727. The highest BCUT2D eigenvalue weighted by Gasteiger charge is 2.28. The minimum Gasteiger partial charge on any atom is -0.461 e. The fourth-order valence-corrected chi connectivity index (χ4v) is 3.52. The zero-order valence-corrected chi connectivity index (χ0v) is 17.4. The van der Waals surface area contributed by atoms with Gasteiger partial charge in [-0.3, -0.25) is 4.79 Å². The third-order valence-electron chi connectivity index (χ3n) is 5.19. The number of carbonyl (C=O) groups excluding carboxylic acids is 1. The molecule has 1 fully saturated rings. The second-order valence-electron chi connectivity index (χ2n) is 7.27. The van der Waals surface area contributed by atoms with Gasteiger partial charge in [-0.05, 0) is 18.2 Å². The van der Waals surface area contributed by atoms with Crippen molar-refractivity contribution in [3.63, 3.8) is 0 Å². The first-order chi connectivity index (χ1) is 16.1. The van der Waals surface area contributed by atoms with Crippen LogP contribution in [0.25, 0.3) is 17.4 Å². The van der Waals surface area contributed by atoms with Gasteiger partial charge in [-0.15, -0.1) is 5.10 Å². The van der Waals surface area contributed by atoms with Crippen molar-refractivity contribution in [1.29, 1.82) is 0 Å². The van der Waals surface area contributed by atoms with Crippen LogP contribution in [0.2, 0.25) is 0 Å². The van der Waals surface area contributed by atoms with Crippen LogP contribution >= 0.6 is 0 Å². The van der Waals surface area contributed by atoms with E-state index in [9.17, 15) is 9.90 Å². The summed E-state index contributed by atoms with van der Waals surface area (Å²) in [4.78, 5) is 37.9. The van der Waals surface area contributed by atoms with Crippen molar-refractivity contribution in [2.24, 2.45) is 0 Å². The van der Waals surface area contributed by atoms with Crippen LogP contribution in [0.5, 0.6) is 0 Å². The highest BCUT2D eigenvalue weighted by Crippen LogP contribution is 2.18. The van der Waals surface area contributed by atoms with Crippen molar-refractivity contribution in [3.05, 3.63) is 36.9 Å². The highest BCUT2D eigenvalue weighted by molar-refractivity contribution is 5.84. The van der Waals surface area contributed by atoms with Crippen molar-refractivity contribution in [1.82, 2.24) is 39.4 Å². The molecule has 0 bridgehead atoms. The summed E-state index contributed by atoms with van der Waals surface area (Å²) in [5.74, 6) is 1.37. The molecule has 1 aliphatic heterocycles. The number of hydrogen-bond donors (Lipinski definition) is 3. The van der Waals surface area contributed by atoms with E-state index in [1.54, 1.807) is 35.5 Å². The number of rotatable bonds is 6. The van der Waals surface area contributed by atoms with Crippen molar-refractivity contribution >= 4 is 29.5 Å². The first kappa shape index (κ1) is 20.6. The van der Waals surface area contributed by atoms with Gasteiger partial charge in [0.05, 0.1) is 12.9 Å². The van der Waals surface area contributed by atoms with Gasteiger partial charge in [0.15, 0.2) is 5.76 Å². The molecule has 1 aliphatic rings. The molecular weight excluding hydrogens is 430 g/mol. The fourth-order valence-electron chi connectivity index (χ4n) is 3.52. The number of piperazine rings is 1. The van der Waals surface area contributed by atoms with Gasteiger partial charge in [0.2, 0.25) is 29.6 Å². The van der Waals surface area contributed by atoms with Crippen LogP contribution in [-0.2, 0) is 4.79 Å². The Bertz CT molecular complexity index is 1240. The lowest BCUT2D eigenvalue weighted by atomic mass is 10.2. The molecule has 0 spiro atoms. The maximum absolute atomic E-state index is 13.0. The number of carbonyl (C=O) groups is 1. The number of amides is 1. The summed E-state index contributed by atoms with van der Waals surface area (Å²) < 4.78 is 6.57. The number of nitrogen functional groups attached to an aromatic ring is 1. The van der Waals surface area contributed by atoms with Gasteiger partial charge in [-0.1, -0.05) is 0 Å². The molecule has 4 aromatic rings. The zero-order valence-electron chi connectivity index (χ0n) is 17.4. The van der Waals surface area contributed by atoms with Crippen LogP contribution in [0.15, 0.2) is 41.3 Å². The van der Waals surface area contributed by atoms with E-state index in [-0.39, 0.29) is 23.6 Å². The molecule has 1 amide bonds. The van der Waals surface area contributed by atoms with Gasteiger partial charge in [-0.25, -0.2) is 9.97 Å². The zero-order chi connectivity index (χ0) is 22.8. The van der Waals surface area contributed by atoms with Crippen LogP contribution in [-0.4, -0.2) is 89.3 Å². The standard InChI is InChI=1S/C19H21N11O3/c20-16-25-17(26-19-24-14(27-30(16)19)13-3-1-10-33-13)23-12(11-31)15(32)28-6-8-29(9-7-28)18-21-4-2-5-22-18/h1-5,10,12,31H,6-9,11H2,(H3,20,23,24,25,26,27)/t12-/m0/s1. The number of nitrogens with one attached hydrogen (secondary N) is 1. The second-order valence-corrected chi connectivity index (χ2v) is 7.27. The maximum atomic E-state index is 13.0. The average Bonchev–Trinajstić information content (AvgIpc) is 3.53. The van der Waals surface area contributed by atoms with Crippen LogP contribution in [0.3, 0.4) is 0 Å². The van der Waals surface area contributed by atoms with Crippen molar-refractivity contribution in [2.45, 2.75) is 6.04 Å². The van der Waals surface area contributed by atoms with E-state index in [0.29, 0.717) is 43.7 Å². The number of furan rings is 1. The topological polar surface area (TPSA) is 177 Å². The number of nitrogens with two attached hydrogens (primary N) is 1. The van der Waals surface area contributed by atoms with Crippen molar-refractivity contribution in [2.75, 3.05) is 48.7 Å². The van der Waals surface area contributed by atoms with Crippen LogP contribution in [0.4, 0.5) is 17.8 Å². The lowest BCUT2D eigenvalue weighted by Gasteiger charge is -2.36. The summed E-state index contributed by atoms with van der Waals surface area (Å²) in [5, 5.41) is 16.9. The first-order valence-corrected chi connectivity index (χ1v) is 10.2. The normalized spacial score (nSPS) is 15.1. The van der Waals surface area contributed by atoms with E-state index in [4.69, 9.17) is 10.2 Å². The van der Waals surface area contributed by atoms with Crippen LogP contribution < -0.4 is 16.0 Å². The van der Waals surface area contributed by atoms with Gasteiger partial charge < -0.3 is 30.4 Å². The molecule has 14 heteroatoms. The van der Waals surface area contributed by atoms with E-state index in [0.717, 1.165) is 0 Å². The van der Waals surface area contributed by atoms with E-state index in [1.807, 2.05) is 4.90 Å². The molecule has 0 aromatic carbocycles. The third kappa shape index (κ3) is 4.10. The van der Waals surface area contributed by atoms with Crippen LogP contribution in [0, 0.1) is 0 Å². The Morgan fingerprint density at radius 1 is 1.15 bits per heavy atom. The number of anilines is 3. The van der Waals surface area contributed by atoms with Gasteiger partial charge in [-0.2, -0.15) is 19.5 Å². The molecule has 0 saturated carbocycles. The van der Waals surface area contributed by atoms with E-state index < -0.39 is 12.6 Å². The van der Waals surface area contributed by atoms with E-state index in [2.05, 4.69) is 35.3 Å². The van der Waals surface area contributed by atoms with Crippen molar-refractivity contribution < 1.29 is 14.3 Å². The number of hydrogen-bond acceptors (Lipinski definition) is 12. The number of aromatic nitrogens is 7. The van der Waals surface area contributed by atoms with Gasteiger partial charge >= 0.3 is 0 Å². The second kappa shape index (κ2) is 8.66. The molecule has 170 valence electrons. The Morgan fingerprint density at radius 2 is 1.94 bits per heavy atom. The van der Waals surface area contributed by atoms with Gasteiger partial charge in [0.25, 0.3) is 5.78 Å². The van der Waals surface area contributed by atoms with E-state index in [1.165, 1.54) is 10.8 Å². The lowest BCUT2D eigenvalue weighted by molar-refractivity contribution is -0.133. The molecule has 4 aromatic heterocycles. The summed E-state index contributed by atoms with van der Waals surface area (Å²) >= 11 is 0. The average molecular weight is 451 g/mol. The SMILES string of the molecule is Nc1nc(N[C@@H](CO)C(=O)N2CCN(c3ncccn3)CC2)nc2nc(-c3ccco3)nn12. The summed E-state index contributed by atoms with van der Waals surface area (Å²) in [6.07, 6.45) is 4.87. The smallest absolute Gasteiger partial charge is 0.259 e. The maximum Gasteiger partial charge on any atom is 0.259 e. The minimum absolute atomic E-state index is 0.0217. The minimum atomic E-state index is -0.946. The summed E-state index contributed by atoms with van der Waals surface area (Å²) in [6, 6.07) is 4.23. The van der Waals surface area contributed by atoms with Gasteiger partial charge in [0.1, 0.15) is 6.04 Å². The Balaban J connectivity index is 1.28. The monoisotopic (exact) mass is 451 g/mol. The number of aliphatic hydroxyl groups is 1. The summed E-state index contributed by atoms with van der Waals surface area (Å²) in [7, 11) is 0. The van der Waals surface area contributed by atoms with E-state index >= 15 is 0 Å². The molecule has 14 nitrogen and oxygen atoms in total. The molecule has 1 saturated heterocycles. The molecular formula is C19H21N11O3. The third-order valence-corrected chi connectivity index (χ3v) is 5.19. The highest BCUT2D eigenvalue weighted by atomic mass is 16.3. The Kier molecular flexibility index (Phi) is 5.40.